The van der Waals surface area contributed by atoms with E-state index in [9.17, 15) is 0 Å². The highest BCUT2D eigenvalue weighted by molar-refractivity contribution is 7.05. The average Bonchev–Trinajstić information content (AvgIpc) is 2.88. The second-order valence-electron chi connectivity index (χ2n) is 5.11. The maximum atomic E-state index is 3.99. The van der Waals surface area contributed by atoms with E-state index in [1.54, 1.807) is 0 Å². The van der Waals surface area contributed by atoms with E-state index in [2.05, 4.69) is 46.1 Å². The molecule has 1 saturated carbocycles. The van der Waals surface area contributed by atoms with E-state index in [0.29, 0.717) is 0 Å². The van der Waals surface area contributed by atoms with Crippen LogP contribution in [0.2, 0.25) is 0 Å². The van der Waals surface area contributed by atoms with Crippen LogP contribution in [0.25, 0.3) is 0 Å². The molecule has 1 fully saturated rings. The van der Waals surface area contributed by atoms with Crippen LogP contribution in [0.3, 0.4) is 0 Å². The summed E-state index contributed by atoms with van der Waals surface area (Å²) in [6, 6.07) is 9.24. The first-order valence-corrected chi connectivity index (χ1v) is 7.76. The Hall–Kier alpha value is -1.26. The van der Waals surface area contributed by atoms with Crippen LogP contribution in [0.15, 0.2) is 30.5 Å². The Balaban J connectivity index is 1.89. The molecule has 3 nitrogen and oxygen atoms in total. The number of benzene rings is 1. The van der Waals surface area contributed by atoms with Crippen molar-refractivity contribution in [3.8, 4) is 0 Å². The monoisotopic (exact) mass is 273 g/mol. The van der Waals surface area contributed by atoms with Crippen molar-refractivity contribution in [3.05, 3.63) is 46.5 Å². The fraction of sp³-hybridized carbons (Fsp3) is 0.467. The van der Waals surface area contributed by atoms with Crippen LogP contribution < -0.4 is 5.32 Å². The molecule has 0 aliphatic heterocycles. The molecule has 1 N–H and O–H groups in total. The molecule has 0 radical (unpaired) electrons. The fourth-order valence-electron chi connectivity index (χ4n) is 2.62. The Labute approximate surface area is 118 Å². The Morgan fingerprint density at radius 2 is 2.32 bits per heavy atom. The van der Waals surface area contributed by atoms with Crippen molar-refractivity contribution in [2.75, 3.05) is 6.54 Å². The maximum absolute atomic E-state index is 3.99. The molecule has 100 valence electrons. The van der Waals surface area contributed by atoms with Gasteiger partial charge in [0.1, 0.15) is 0 Å². The highest BCUT2D eigenvalue weighted by Crippen LogP contribution is 2.37. The lowest BCUT2D eigenvalue weighted by Crippen LogP contribution is -2.21. The van der Waals surface area contributed by atoms with E-state index < -0.39 is 0 Å². The average molecular weight is 273 g/mol. The van der Waals surface area contributed by atoms with Crippen molar-refractivity contribution in [2.45, 2.75) is 38.1 Å². The zero-order valence-corrected chi connectivity index (χ0v) is 12.0. The summed E-state index contributed by atoms with van der Waals surface area (Å²) in [5.41, 5.74) is 2.82. The molecule has 1 aromatic heterocycles. The molecular weight excluding hydrogens is 254 g/mol. The Morgan fingerprint density at radius 1 is 1.42 bits per heavy atom. The second-order valence-corrected chi connectivity index (χ2v) is 5.93. The largest absolute Gasteiger partial charge is 0.306 e. The maximum Gasteiger partial charge on any atom is 0.0703 e. The zero-order chi connectivity index (χ0) is 13.1. The molecule has 1 atom stereocenters. The number of hydrogen-bond acceptors (Lipinski definition) is 4. The zero-order valence-electron chi connectivity index (χ0n) is 11.2. The molecule has 1 aliphatic carbocycles. The Bertz CT molecular complexity index is 520. The summed E-state index contributed by atoms with van der Waals surface area (Å²) < 4.78 is 3.99. The normalized spacial score (nSPS) is 17.1. The van der Waals surface area contributed by atoms with Gasteiger partial charge in [0.25, 0.3) is 0 Å². The van der Waals surface area contributed by atoms with Crippen molar-refractivity contribution >= 4 is 11.5 Å². The Morgan fingerprint density at radius 3 is 2.95 bits per heavy atom. The highest BCUT2D eigenvalue weighted by atomic mass is 32.1. The van der Waals surface area contributed by atoms with Crippen LogP contribution in [-0.2, 0) is 0 Å². The fourth-order valence-corrected chi connectivity index (χ4v) is 3.23. The molecule has 0 spiro atoms. The minimum Gasteiger partial charge on any atom is -0.306 e. The lowest BCUT2D eigenvalue weighted by molar-refractivity contribution is 0.419. The van der Waals surface area contributed by atoms with Gasteiger partial charge in [0.15, 0.2) is 0 Å². The number of rotatable bonds is 5. The van der Waals surface area contributed by atoms with Crippen molar-refractivity contribution in [1.29, 1.82) is 0 Å². The minimum atomic E-state index is 0.227. The topological polar surface area (TPSA) is 37.8 Å². The minimum absolute atomic E-state index is 0.227. The number of hydrogen-bond donors (Lipinski definition) is 1. The molecule has 0 saturated heterocycles. The first-order valence-electron chi connectivity index (χ1n) is 6.99. The van der Waals surface area contributed by atoms with Gasteiger partial charge in [-0.2, -0.15) is 0 Å². The molecule has 0 bridgehead atoms. The highest BCUT2D eigenvalue weighted by Gasteiger charge is 2.21. The molecule has 1 heterocycles. The van der Waals surface area contributed by atoms with E-state index in [1.807, 2.05) is 6.20 Å². The van der Waals surface area contributed by atoms with Gasteiger partial charge in [0.2, 0.25) is 0 Å². The second kappa shape index (κ2) is 5.80. The smallest absolute Gasteiger partial charge is 0.0703 e. The van der Waals surface area contributed by atoms with Crippen LogP contribution in [-0.4, -0.2) is 16.1 Å². The van der Waals surface area contributed by atoms with E-state index in [-0.39, 0.29) is 6.04 Å². The number of nitrogens with zero attached hydrogens (tertiary/aromatic N) is 2. The van der Waals surface area contributed by atoms with Gasteiger partial charge in [-0.15, -0.1) is 5.10 Å². The van der Waals surface area contributed by atoms with E-state index >= 15 is 0 Å². The lowest BCUT2D eigenvalue weighted by atomic mass is 9.79. The van der Waals surface area contributed by atoms with Crippen LogP contribution in [0.4, 0.5) is 0 Å². The van der Waals surface area contributed by atoms with Gasteiger partial charge in [0.05, 0.1) is 17.1 Å². The first-order chi connectivity index (χ1) is 9.38. The summed E-state index contributed by atoms with van der Waals surface area (Å²) in [5, 5.41) is 7.50. The van der Waals surface area contributed by atoms with E-state index in [0.717, 1.165) is 12.5 Å². The number of aromatic nitrogens is 2. The molecule has 19 heavy (non-hydrogen) atoms. The van der Waals surface area contributed by atoms with Gasteiger partial charge in [-0.05, 0) is 48.0 Å². The quantitative estimate of drug-likeness (QED) is 0.906. The van der Waals surface area contributed by atoms with Crippen LogP contribution in [0.5, 0.6) is 0 Å². The third-order valence-electron chi connectivity index (χ3n) is 3.89. The van der Waals surface area contributed by atoms with Gasteiger partial charge in [-0.3, -0.25) is 0 Å². The summed E-state index contributed by atoms with van der Waals surface area (Å²) in [7, 11) is 0. The molecule has 2 aromatic rings. The van der Waals surface area contributed by atoms with Gasteiger partial charge in [-0.25, -0.2) is 0 Å². The van der Waals surface area contributed by atoms with Crippen LogP contribution in [0.1, 0.15) is 54.1 Å². The van der Waals surface area contributed by atoms with Crippen molar-refractivity contribution < 1.29 is 0 Å². The summed E-state index contributed by atoms with van der Waals surface area (Å²) in [5.74, 6) is 0.779. The van der Waals surface area contributed by atoms with Gasteiger partial charge < -0.3 is 5.32 Å². The SMILES string of the molecule is CCNC(c1cccc(C2CCC2)c1)c1cnns1. The van der Waals surface area contributed by atoms with Crippen molar-refractivity contribution in [3.63, 3.8) is 0 Å². The molecular formula is C15H19N3S. The molecule has 0 amide bonds. The Kier molecular flexibility index (Phi) is 3.89. The molecule has 1 unspecified atom stereocenters. The predicted molar refractivity (Wildman–Crippen MR) is 78.5 cm³/mol. The molecule has 3 rings (SSSR count). The third kappa shape index (κ3) is 2.69. The molecule has 4 heteroatoms. The van der Waals surface area contributed by atoms with E-state index in [4.69, 9.17) is 0 Å². The van der Waals surface area contributed by atoms with Gasteiger partial charge in [0, 0.05) is 0 Å². The van der Waals surface area contributed by atoms with Crippen LogP contribution >= 0.6 is 11.5 Å². The summed E-state index contributed by atoms with van der Waals surface area (Å²) in [6.07, 6.45) is 5.94. The first kappa shape index (κ1) is 12.8. The number of nitrogens with one attached hydrogen (secondary N) is 1. The molecule has 1 aromatic carbocycles. The predicted octanol–water partition coefficient (Wildman–Crippen LogP) is 3.50. The van der Waals surface area contributed by atoms with Crippen molar-refractivity contribution in [2.24, 2.45) is 0 Å². The van der Waals surface area contributed by atoms with E-state index in [1.165, 1.54) is 46.8 Å². The van der Waals surface area contributed by atoms with Gasteiger partial charge >= 0.3 is 0 Å². The summed E-state index contributed by atoms with van der Waals surface area (Å²) in [4.78, 5) is 1.19. The van der Waals surface area contributed by atoms with Crippen LogP contribution in [0, 0.1) is 0 Å². The van der Waals surface area contributed by atoms with Gasteiger partial charge in [-0.1, -0.05) is 42.1 Å². The third-order valence-corrected chi connectivity index (χ3v) is 4.62. The summed E-state index contributed by atoms with van der Waals surface area (Å²) >= 11 is 1.48. The lowest BCUT2D eigenvalue weighted by Gasteiger charge is -2.27. The van der Waals surface area contributed by atoms with Crippen molar-refractivity contribution in [1.82, 2.24) is 14.9 Å². The standard InChI is InChI=1S/C15H19N3S/c1-2-16-15(14-10-17-18-19-14)13-8-4-7-12(9-13)11-5-3-6-11/h4,7-11,15-16H,2-3,5-6H2,1H3. The molecule has 1 aliphatic rings. The summed E-state index contributed by atoms with van der Waals surface area (Å²) in [6.45, 7) is 3.08.